The van der Waals surface area contributed by atoms with E-state index >= 15 is 0 Å². The molecular formula is C38H39N9O. The number of fused-ring (bicyclic) bond motifs is 1. The van der Waals surface area contributed by atoms with Gasteiger partial charge in [0, 0.05) is 54.2 Å². The number of pyridine rings is 1. The van der Waals surface area contributed by atoms with Crippen molar-refractivity contribution < 1.29 is 4.79 Å². The Hall–Kier alpha value is -5.58. The summed E-state index contributed by atoms with van der Waals surface area (Å²) in [5, 5.41) is 9.23. The molecule has 0 saturated carbocycles. The first-order valence-corrected chi connectivity index (χ1v) is 16.3. The monoisotopic (exact) mass is 637 g/mol. The van der Waals surface area contributed by atoms with Crippen molar-refractivity contribution in [2.45, 2.75) is 18.9 Å². The Morgan fingerprint density at radius 3 is 2.50 bits per heavy atom. The lowest BCUT2D eigenvalue weighted by Gasteiger charge is -2.20. The van der Waals surface area contributed by atoms with Gasteiger partial charge >= 0.3 is 6.03 Å². The lowest BCUT2D eigenvalue weighted by molar-refractivity contribution is 0.262. The second-order valence-corrected chi connectivity index (χ2v) is 12.3. The van der Waals surface area contributed by atoms with Crippen LogP contribution in [0.1, 0.15) is 12.0 Å². The van der Waals surface area contributed by atoms with E-state index in [9.17, 15) is 4.79 Å². The van der Waals surface area contributed by atoms with E-state index in [-0.39, 0.29) is 6.03 Å². The van der Waals surface area contributed by atoms with Crippen molar-refractivity contribution >= 4 is 34.7 Å². The predicted molar refractivity (Wildman–Crippen MR) is 193 cm³/mol. The van der Waals surface area contributed by atoms with Gasteiger partial charge in [-0.25, -0.2) is 19.7 Å². The van der Waals surface area contributed by atoms with Crippen LogP contribution in [-0.4, -0.2) is 75.0 Å². The smallest absolute Gasteiger partial charge is 0.323 e. The number of benzene rings is 3. The van der Waals surface area contributed by atoms with Crippen LogP contribution in [-0.2, 0) is 6.42 Å². The number of likely N-dealkylation sites (tertiary alicyclic amines) is 1. The molecule has 1 saturated heterocycles. The molecule has 0 aliphatic carbocycles. The molecule has 0 spiro atoms. The van der Waals surface area contributed by atoms with Gasteiger partial charge in [0.05, 0.1) is 17.1 Å². The van der Waals surface area contributed by atoms with Crippen LogP contribution in [0.4, 0.5) is 27.8 Å². The summed E-state index contributed by atoms with van der Waals surface area (Å²) >= 11 is 0. The highest BCUT2D eigenvalue weighted by Crippen LogP contribution is 2.33. The van der Waals surface area contributed by atoms with Crippen LogP contribution in [0.5, 0.6) is 0 Å². The zero-order chi connectivity index (χ0) is 32.9. The van der Waals surface area contributed by atoms with Gasteiger partial charge in [-0.3, -0.25) is 4.40 Å². The first kappa shape index (κ1) is 31.0. The largest absolute Gasteiger partial charge is 0.324 e. The number of carbonyl (C=O) groups is 1. The molecule has 10 heteroatoms. The summed E-state index contributed by atoms with van der Waals surface area (Å²) in [6, 6.07) is 33.6. The highest BCUT2D eigenvalue weighted by atomic mass is 16.2. The fourth-order valence-electron chi connectivity index (χ4n) is 6.21. The first-order chi connectivity index (χ1) is 23.5. The zero-order valence-corrected chi connectivity index (χ0v) is 27.2. The van der Waals surface area contributed by atoms with Gasteiger partial charge in [-0.15, -0.1) is 0 Å². The highest BCUT2D eigenvalue weighted by molar-refractivity contribution is 6.00. The summed E-state index contributed by atoms with van der Waals surface area (Å²) in [7, 11) is 4.34. The molecule has 3 aromatic heterocycles. The Morgan fingerprint density at radius 2 is 1.65 bits per heavy atom. The molecule has 0 radical (unpaired) electrons. The Bertz CT molecular complexity index is 2020. The minimum Gasteiger partial charge on any atom is -0.324 e. The van der Waals surface area contributed by atoms with Crippen molar-refractivity contribution in [1.29, 1.82) is 0 Å². The number of urea groups is 1. The van der Waals surface area contributed by atoms with Gasteiger partial charge in [-0.2, -0.15) is 0 Å². The topological polar surface area (TPSA) is 103 Å². The molecule has 1 atom stereocenters. The van der Waals surface area contributed by atoms with Gasteiger partial charge in [-0.05, 0) is 93.6 Å². The van der Waals surface area contributed by atoms with Crippen molar-refractivity contribution in [1.82, 2.24) is 29.2 Å². The molecule has 0 bridgehead atoms. The maximum absolute atomic E-state index is 12.7. The van der Waals surface area contributed by atoms with Crippen LogP contribution >= 0.6 is 0 Å². The highest BCUT2D eigenvalue weighted by Gasteiger charge is 2.23. The number of imidazole rings is 1. The number of nitrogens with zero attached hydrogens (tertiary/aromatic N) is 6. The summed E-state index contributed by atoms with van der Waals surface area (Å²) < 4.78 is 2.03. The normalized spacial score (nSPS) is 14.8. The summed E-state index contributed by atoms with van der Waals surface area (Å²) in [6.45, 7) is 3.32. The maximum atomic E-state index is 12.7. The number of carbonyl (C=O) groups excluding carboxylic acids is 1. The summed E-state index contributed by atoms with van der Waals surface area (Å²) in [6.07, 6.45) is 5.96. The number of amides is 2. The van der Waals surface area contributed by atoms with Crippen LogP contribution < -0.4 is 16.0 Å². The third-order valence-electron chi connectivity index (χ3n) is 8.73. The van der Waals surface area contributed by atoms with E-state index in [2.05, 4.69) is 63.0 Å². The lowest BCUT2D eigenvalue weighted by Crippen LogP contribution is -2.32. The zero-order valence-electron chi connectivity index (χ0n) is 27.2. The van der Waals surface area contributed by atoms with Gasteiger partial charge in [-0.1, -0.05) is 48.5 Å². The van der Waals surface area contributed by atoms with Gasteiger partial charge in [0.15, 0.2) is 0 Å². The quantitative estimate of drug-likeness (QED) is 0.148. The molecule has 6 aromatic rings. The van der Waals surface area contributed by atoms with Crippen LogP contribution in [0.3, 0.4) is 0 Å². The molecule has 4 heterocycles. The van der Waals surface area contributed by atoms with Gasteiger partial charge in [0.25, 0.3) is 0 Å². The molecular weight excluding hydrogens is 598 g/mol. The van der Waals surface area contributed by atoms with Crippen molar-refractivity contribution in [3.63, 3.8) is 0 Å². The van der Waals surface area contributed by atoms with Crippen LogP contribution in [0.15, 0.2) is 116 Å². The van der Waals surface area contributed by atoms with Gasteiger partial charge in [0.1, 0.15) is 5.65 Å². The number of para-hydroxylation sites is 1. The van der Waals surface area contributed by atoms with Crippen LogP contribution in [0.2, 0.25) is 0 Å². The second-order valence-electron chi connectivity index (χ2n) is 12.3. The third kappa shape index (κ3) is 7.20. The van der Waals surface area contributed by atoms with E-state index in [1.807, 2.05) is 95.5 Å². The Kier molecular flexibility index (Phi) is 9.08. The van der Waals surface area contributed by atoms with Crippen molar-refractivity contribution in [3.8, 4) is 22.6 Å². The Morgan fingerprint density at radius 1 is 0.854 bits per heavy atom. The SMILES string of the molecule is CN(C)C1CCN(CCc2cccc(Nc3nccc(-c4c(-c5cccc(NC(=O)Nc6ccccc6)c5)nc5ccccn45)n3)c2)C1. The van der Waals surface area contributed by atoms with Gasteiger partial charge < -0.3 is 25.8 Å². The standard InChI is InChI=1S/C38H39N9O/c1-45(2)32-19-23-46(26-32)22-18-27-10-8-14-30(24-27)40-37-39-20-17-33(43-37)36-35(44-34-16-6-7-21-47(34)36)28-11-9-15-31(25-28)42-38(48)41-29-12-4-3-5-13-29/h3-17,20-21,24-25,32H,18-19,22-23,26H2,1-2H3,(H,39,40,43)(H2,41,42,48). The third-order valence-corrected chi connectivity index (χ3v) is 8.73. The van der Waals surface area contributed by atoms with Crippen LogP contribution in [0, 0.1) is 0 Å². The number of rotatable bonds is 10. The minimum absolute atomic E-state index is 0.321. The average molecular weight is 638 g/mol. The summed E-state index contributed by atoms with van der Waals surface area (Å²) in [5.41, 5.74) is 7.53. The van der Waals surface area contributed by atoms with Crippen molar-refractivity contribution in [2.24, 2.45) is 0 Å². The predicted octanol–water partition coefficient (Wildman–Crippen LogP) is 7.02. The number of aromatic nitrogens is 4. The average Bonchev–Trinajstić information content (AvgIpc) is 3.74. The Balaban J connectivity index is 1.11. The molecule has 48 heavy (non-hydrogen) atoms. The second kappa shape index (κ2) is 14.0. The molecule has 3 N–H and O–H groups in total. The number of anilines is 4. The van der Waals surface area contributed by atoms with E-state index in [0.717, 1.165) is 60.0 Å². The van der Waals surface area contributed by atoms with Crippen molar-refractivity contribution in [3.05, 3.63) is 121 Å². The maximum Gasteiger partial charge on any atom is 0.323 e. The number of hydrogen-bond acceptors (Lipinski definition) is 7. The van der Waals surface area contributed by atoms with Crippen molar-refractivity contribution in [2.75, 3.05) is 49.7 Å². The molecule has 1 unspecified atom stereocenters. The lowest BCUT2D eigenvalue weighted by atomic mass is 10.1. The number of nitrogens with one attached hydrogen (secondary N) is 3. The molecule has 7 rings (SSSR count). The Labute approximate surface area is 280 Å². The summed E-state index contributed by atoms with van der Waals surface area (Å²) in [4.78, 5) is 32.1. The van der Waals surface area contributed by atoms with Crippen LogP contribution in [0.25, 0.3) is 28.3 Å². The molecule has 1 aliphatic rings. The molecule has 3 aromatic carbocycles. The van der Waals surface area contributed by atoms with E-state index in [1.54, 1.807) is 6.20 Å². The fourth-order valence-corrected chi connectivity index (χ4v) is 6.21. The number of hydrogen-bond donors (Lipinski definition) is 3. The molecule has 242 valence electrons. The van der Waals surface area contributed by atoms with E-state index < -0.39 is 0 Å². The molecule has 1 aliphatic heterocycles. The van der Waals surface area contributed by atoms with E-state index in [4.69, 9.17) is 9.97 Å². The van der Waals surface area contributed by atoms with Gasteiger partial charge in [0.2, 0.25) is 5.95 Å². The first-order valence-electron chi connectivity index (χ1n) is 16.3. The fraction of sp³-hybridized carbons (Fsp3) is 0.211. The summed E-state index contributed by atoms with van der Waals surface area (Å²) in [5.74, 6) is 0.503. The minimum atomic E-state index is -0.321. The van der Waals surface area contributed by atoms with E-state index in [1.165, 1.54) is 12.0 Å². The molecule has 1 fully saturated rings. The van der Waals surface area contributed by atoms with E-state index in [0.29, 0.717) is 23.4 Å². The molecule has 2 amide bonds. The number of likely N-dealkylation sites (N-methyl/N-ethyl adjacent to an activating group) is 1. The molecule has 10 nitrogen and oxygen atoms in total.